The van der Waals surface area contributed by atoms with E-state index in [0.717, 1.165) is 31.5 Å². The number of fused-ring (bicyclic) bond motifs is 3. The van der Waals surface area contributed by atoms with Gasteiger partial charge in [0.05, 0.1) is 36.7 Å². The van der Waals surface area contributed by atoms with Crippen LogP contribution in [-0.4, -0.2) is 59.8 Å². The highest BCUT2D eigenvalue weighted by atomic mass is 19.1. The fourth-order valence-electron chi connectivity index (χ4n) is 4.94. The highest BCUT2D eigenvalue weighted by Crippen LogP contribution is 2.35. The van der Waals surface area contributed by atoms with Crippen LogP contribution in [0.15, 0.2) is 24.5 Å². The van der Waals surface area contributed by atoms with Crippen molar-refractivity contribution in [1.82, 2.24) is 29.4 Å². The van der Waals surface area contributed by atoms with Gasteiger partial charge in [0, 0.05) is 36.2 Å². The van der Waals surface area contributed by atoms with Crippen LogP contribution in [0.2, 0.25) is 0 Å². The molecule has 0 bridgehead atoms. The van der Waals surface area contributed by atoms with Crippen molar-refractivity contribution in [1.29, 1.82) is 0 Å². The Balaban J connectivity index is 1.49. The van der Waals surface area contributed by atoms with Crippen molar-refractivity contribution in [3.05, 3.63) is 36.2 Å². The average Bonchev–Trinajstić information content (AvgIpc) is 3.46. The molecule has 1 aliphatic heterocycles. The SMILES string of the molecule is CC[C@H]1CC[C@H](c2nc3c4cc(F)c(OC)cc4nc(N)n3n2)CN1c1cnn(CC(C)(C)O)c1. The summed E-state index contributed by atoms with van der Waals surface area (Å²) in [6.45, 7) is 6.85. The van der Waals surface area contributed by atoms with E-state index in [-0.39, 0.29) is 17.6 Å². The fraction of sp³-hybridized carbons (Fsp3) is 0.500. The molecule has 1 fully saturated rings. The zero-order valence-corrected chi connectivity index (χ0v) is 20.4. The van der Waals surface area contributed by atoms with E-state index in [2.05, 4.69) is 27.0 Å². The van der Waals surface area contributed by atoms with Crippen molar-refractivity contribution in [2.75, 3.05) is 24.3 Å². The zero-order chi connectivity index (χ0) is 24.9. The molecular formula is C24H31FN8O2. The Kier molecular flexibility index (Phi) is 5.74. The van der Waals surface area contributed by atoms with Gasteiger partial charge in [0.2, 0.25) is 5.95 Å². The first-order valence-electron chi connectivity index (χ1n) is 11.9. The monoisotopic (exact) mass is 482 g/mol. The predicted molar refractivity (Wildman–Crippen MR) is 131 cm³/mol. The number of ether oxygens (including phenoxy) is 1. The predicted octanol–water partition coefficient (Wildman–Crippen LogP) is 3.14. The van der Waals surface area contributed by atoms with Crippen LogP contribution in [0.25, 0.3) is 16.6 Å². The largest absolute Gasteiger partial charge is 0.494 e. The third kappa shape index (κ3) is 4.36. The fourth-order valence-corrected chi connectivity index (χ4v) is 4.94. The molecular weight excluding hydrogens is 451 g/mol. The minimum Gasteiger partial charge on any atom is -0.494 e. The van der Waals surface area contributed by atoms with Crippen LogP contribution < -0.4 is 15.4 Å². The van der Waals surface area contributed by atoms with Crippen LogP contribution in [0.1, 0.15) is 51.8 Å². The zero-order valence-electron chi connectivity index (χ0n) is 20.4. The van der Waals surface area contributed by atoms with Crippen molar-refractivity contribution in [2.45, 2.75) is 64.1 Å². The third-order valence-electron chi connectivity index (χ3n) is 6.63. The summed E-state index contributed by atoms with van der Waals surface area (Å²) in [5, 5.41) is 19.8. The lowest BCUT2D eigenvalue weighted by molar-refractivity contribution is 0.0577. The van der Waals surface area contributed by atoms with Crippen LogP contribution in [-0.2, 0) is 6.54 Å². The second kappa shape index (κ2) is 8.63. The van der Waals surface area contributed by atoms with Crippen LogP contribution >= 0.6 is 0 Å². The number of benzene rings is 1. The molecule has 1 aliphatic rings. The molecule has 4 heterocycles. The number of hydrogen-bond donors (Lipinski definition) is 2. The average molecular weight is 483 g/mol. The summed E-state index contributed by atoms with van der Waals surface area (Å²) < 4.78 is 22.8. The molecule has 3 N–H and O–H groups in total. The molecule has 3 aromatic heterocycles. The van der Waals surface area contributed by atoms with Gasteiger partial charge in [-0.1, -0.05) is 6.92 Å². The van der Waals surface area contributed by atoms with E-state index in [9.17, 15) is 9.50 Å². The second-order valence-electron chi connectivity index (χ2n) is 9.88. The lowest BCUT2D eigenvalue weighted by atomic mass is 9.90. The Hall–Kier alpha value is -3.47. The Morgan fingerprint density at radius 1 is 1.26 bits per heavy atom. The maximum Gasteiger partial charge on any atom is 0.223 e. The molecule has 11 heteroatoms. The van der Waals surface area contributed by atoms with E-state index in [0.29, 0.717) is 35.0 Å². The number of aliphatic hydroxyl groups is 1. The minimum atomic E-state index is -0.849. The quantitative estimate of drug-likeness (QED) is 0.430. The van der Waals surface area contributed by atoms with Crippen molar-refractivity contribution >= 4 is 28.2 Å². The molecule has 4 aromatic rings. The summed E-state index contributed by atoms with van der Waals surface area (Å²) in [5.41, 5.74) is 7.32. The summed E-state index contributed by atoms with van der Waals surface area (Å²) in [6, 6.07) is 3.26. The van der Waals surface area contributed by atoms with Crippen LogP contribution in [0, 0.1) is 5.82 Å². The van der Waals surface area contributed by atoms with Gasteiger partial charge in [-0.05, 0) is 39.2 Å². The van der Waals surface area contributed by atoms with Gasteiger partial charge >= 0.3 is 0 Å². The van der Waals surface area contributed by atoms with Crippen molar-refractivity contribution in [3.8, 4) is 5.75 Å². The molecule has 2 atom stereocenters. The van der Waals surface area contributed by atoms with E-state index in [1.807, 2.05) is 12.4 Å². The number of nitrogen functional groups attached to an aromatic ring is 1. The molecule has 0 unspecified atom stereocenters. The molecule has 10 nitrogen and oxygen atoms in total. The van der Waals surface area contributed by atoms with Crippen molar-refractivity contribution < 1.29 is 14.2 Å². The molecule has 186 valence electrons. The number of piperidine rings is 1. The number of anilines is 2. The van der Waals surface area contributed by atoms with Crippen LogP contribution in [0.5, 0.6) is 5.75 Å². The minimum absolute atomic E-state index is 0.0629. The van der Waals surface area contributed by atoms with Gasteiger partial charge in [-0.15, -0.1) is 5.10 Å². The van der Waals surface area contributed by atoms with Gasteiger partial charge in [0.25, 0.3) is 0 Å². The number of rotatable bonds is 6. The molecule has 0 aliphatic carbocycles. The van der Waals surface area contributed by atoms with Crippen molar-refractivity contribution in [3.63, 3.8) is 0 Å². The van der Waals surface area contributed by atoms with Gasteiger partial charge in [0.1, 0.15) is 0 Å². The number of hydrogen-bond acceptors (Lipinski definition) is 8. The maximum absolute atomic E-state index is 14.5. The smallest absolute Gasteiger partial charge is 0.223 e. The number of aromatic nitrogens is 6. The molecule has 0 radical (unpaired) electrons. The number of nitrogens with zero attached hydrogens (tertiary/aromatic N) is 7. The van der Waals surface area contributed by atoms with Gasteiger partial charge < -0.3 is 20.5 Å². The van der Waals surface area contributed by atoms with Gasteiger partial charge in [-0.3, -0.25) is 4.68 Å². The molecule has 1 aromatic carbocycles. The number of methoxy groups -OCH3 is 1. The van der Waals surface area contributed by atoms with Crippen LogP contribution in [0.3, 0.4) is 0 Å². The summed E-state index contributed by atoms with van der Waals surface area (Å²) in [7, 11) is 1.41. The Morgan fingerprint density at radius 2 is 2.06 bits per heavy atom. The standard InChI is InChI=1S/C24H31FN8O2/c1-5-15-7-6-14(11-32(15)16-10-27-31(12-16)13-24(2,3)34)21-29-22-17-8-18(25)20(35-4)9-19(17)28-23(26)33(22)30-21/h8-10,12,14-15,34H,5-7,11,13H2,1-4H3,(H2,26,28)/t14-,15-/m0/s1. The number of halogens is 1. The summed E-state index contributed by atoms with van der Waals surface area (Å²) in [6.07, 6.45) is 6.74. The first kappa shape index (κ1) is 23.3. The summed E-state index contributed by atoms with van der Waals surface area (Å²) in [4.78, 5) is 11.5. The molecule has 0 amide bonds. The normalized spacial score (nSPS) is 19.1. The molecule has 1 saturated heterocycles. The Morgan fingerprint density at radius 3 is 2.77 bits per heavy atom. The van der Waals surface area contributed by atoms with E-state index in [1.54, 1.807) is 18.5 Å². The molecule has 5 rings (SSSR count). The van der Waals surface area contributed by atoms with Crippen LogP contribution in [0.4, 0.5) is 16.0 Å². The first-order valence-corrected chi connectivity index (χ1v) is 11.9. The molecule has 0 saturated carbocycles. The maximum atomic E-state index is 14.5. The Bertz CT molecular complexity index is 1380. The highest BCUT2D eigenvalue weighted by molar-refractivity contribution is 5.93. The second-order valence-corrected chi connectivity index (χ2v) is 9.88. The molecule has 35 heavy (non-hydrogen) atoms. The summed E-state index contributed by atoms with van der Waals surface area (Å²) in [5.74, 6) is 0.522. The lowest BCUT2D eigenvalue weighted by Gasteiger charge is -2.39. The van der Waals surface area contributed by atoms with Crippen molar-refractivity contribution in [2.24, 2.45) is 0 Å². The van der Waals surface area contributed by atoms with E-state index < -0.39 is 11.4 Å². The highest BCUT2D eigenvalue weighted by Gasteiger charge is 2.32. The Labute approximate surface area is 202 Å². The third-order valence-corrected chi connectivity index (χ3v) is 6.63. The molecule has 0 spiro atoms. The topological polar surface area (TPSA) is 120 Å². The van der Waals surface area contributed by atoms with E-state index in [4.69, 9.17) is 15.5 Å². The summed E-state index contributed by atoms with van der Waals surface area (Å²) >= 11 is 0. The van der Waals surface area contributed by atoms with Gasteiger partial charge in [-0.25, -0.2) is 14.4 Å². The van der Waals surface area contributed by atoms with Gasteiger partial charge in [0.15, 0.2) is 23.0 Å². The number of nitrogens with two attached hydrogens (primary N) is 1. The van der Waals surface area contributed by atoms with E-state index in [1.165, 1.54) is 23.8 Å². The van der Waals surface area contributed by atoms with E-state index >= 15 is 0 Å². The first-order chi connectivity index (χ1) is 16.7. The van der Waals surface area contributed by atoms with Gasteiger partial charge in [-0.2, -0.15) is 9.61 Å². The lowest BCUT2D eigenvalue weighted by Crippen LogP contribution is -2.42.